The summed E-state index contributed by atoms with van der Waals surface area (Å²) in [7, 11) is 0. The van der Waals surface area contributed by atoms with Gasteiger partial charge in [-0.05, 0) is 17.7 Å². The fourth-order valence-corrected chi connectivity index (χ4v) is 0.816. The molecule has 0 saturated heterocycles. The zero-order valence-corrected chi connectivity index (χ0v) is 6.68. The average molecular weight is 177 g/mol. The fourth-order valence-electron chi connectivity index (χ4n) is 0.816. The molecule has 0 aliphatic rings. The van der Waals surface area contributed by atoms with Gasteiger partial charge in [0, 0.05) is 12.4 Å². The van der Waals surface area contributed by atoms with Crippen LogP contribution in [0.15, 0.2) is 24.5 Å². The van der Waals surface area contributed by atoms with Gasteiger partial charge in [-0.1, -0.05) is 6.08 Å². The van der Waals surface area contributed by atoms with E-state index in [1.54, 1.807) is 0 Å². The van der Waals surface area contributed by atoms with E-state index in [0.717, 1.165) is 0 Å². The van der Waals surface area contributed by atoms with Crippen molar-refractivity contribution in [3.05, 3.63) is 35.7 Å². The number of aldehydes is 1. The van der Waals surface area contributed by atoms with Gasteiger partial charge in [0.1, 0.15) is 6.29 Å². The van der Waals surface area contributed by atoms with Crippen molar-refractivity contribution in [2.24, 2.45) is 0 Å². The van der Waals surface area contributed by atoms with Crippen LogP contribution in [0.5, 0.6) is 0 Å². The third-order valence-corrected chi connectivity index (χ3v) is 1.37. The number of aromatic nitrogens is 1. The molecule has 1 rings (SSSR count). The summed E-state index contributed by atoms with van der Waals surface area (Å²) in [6.07, 6.45) is 6.12. The number of pyridine rings is 1. The Bertz CT molecular complexity index is 358. The first-order valence-electron chi connectivity index (χ1n) is 3.54. The van der Waals surface area contributed by atoms with Crippen molar-refractivity contribution in [3.63, 3.8) is 0 Å². The Balaban J connectivity index is 2.98. The number of rotatable bonds is 3. The molecule has 0 fully saturated rings. The summed E-state index contributed by atoms with van der Waals surface area (Å²) in [5.74, 6) is -1.03. The number of allylic oxidation sites excluding steroid dienone is 1. The molecule has 4 nitrogen and oxygen atoms in total. The molecule has 0 radical (unpaired) electrons. The molecule has 0 amide bonds. The summed E-state index contributed by atoms with van der Waals surface area (Å²) in [4.78, 5) is 24.2. The van der Waals surface area contributed by atoms with Crippen molar-refractivity contribution in [2.75, 3.05) is 0 Å². The highest BCUT2D eigenvalue weighted by Crippen LogP contribution is 2.04. The summed E-state index contributed by atoms with van der Waals surface area (Å²) in [5.41, 5.74) is 0.694. The van der Waals surface area contributed by atoms with Crippen molar-refractivity contribution < 1.29 is 14.7 Å². The smallest absolute Gasteiger partial charge is 0.337 e. The normalized spacial score (nSPS) is 10.2. The van der Waals surface area contributed by atoms with Gasteiger partial charge in [-0.15, -0.1) is 0 Å². The Kier molecular flexibility index (Phi) is 2.92. The van der Waals surface area contributed by atoms with E-state index < -0.39 is 5.97 Å². The minimum atomic E-state index is -1.03. The van der Waals surface area contributed by atoms with Crippen LogP contribution in [0.4, 0.5) is 0 Å². The third-order valence-electron chi connectivity index (χ3n) is 1.37. The summed E-state index contributed by atoms with van der Waals surface area (Å²) in [6, 6.07) is 1.44. The maximum atomic E-state index is 10.5. The van der Waals surface area contributed by atoms with Gasteiger partial charge in [0.25, 0.3) is 0 Å². The Morgan fingerprint density at radius 1 is 1.46 bits per heavy atom. The van der Waals surface area contributed by atoms with E-state index in [1.807, 2.05) is 0 Å². The van der Waals surface area contributed by atoms with E-state index in [1.165, 1.54) is 30.6 Å². The number of carboxylic acid groups (broad SMARTS) is 1. The molecule has 0 bridgehead atoms. The molecule has 1 aromatic rings. The van der Waals surface area contributed by atoms with Crippen LogP contribution in [0.1, 0.15) is 15.9 Å². The number of hydrogen-bond donors (Lipinski definition) is 1. The lowest BCUT2D eigenvalue weighted by molar-refractivity contribution is -0.104. The molecule has 4 heteroatoms. The zero-order chi connectivity index (χ0) is 9.68. The van der Waals surface area contributed by atoms with Gasteiger partial charge in [-0.25, -0.2) is 4.79 Å². The minimum absolute atomic E-state index is 0.105. The number of hydrogen-bond acceptors (Lipinski definition) is 3. The molecule has 0 aliphatic heterocycles. The molecular weight excluding hydrogens is 170 g/mol. The van der Waals surface area contributed by atoms with E-state index >= 15 is 0 Å². The van der Waals surface area contributed by atoms with Crippen LogP contribution >= 0.6 is 0 Å². The summed E-state index contributed by atoms with van der Waals surface area (Å²) in [5, 5.41) is 8.60. The van der Waals surface area contributed by atoms with Gasteiger partial charge in [-0.2, -0.15) is 0 Å². The van der Waals surface area contributed by atoms with Crippen molar-refractivity contribution in [3.8, 4) is 0 Å². The molecule has 0 atom stereocenters. The second-order valence-electron chi connectivity index (χ2n) is 2.31. The number of carbonyl (C=O) groups is 2. The van der Waals surface area contributed by atoms with E-state index in [2.05, 4.69) is 4.98 Å². The largest absolute Gasteiger partial charge is 0.478 e. The van der Waals surface area contributed by atoms with Gasteiger partial charge >= 0.3 is 5.97 Å². The lowest BCUT2D eigenvalue weighted by Gasteiger charge is -1.94. The molecule has 1 heterocycles. The fraction of sp³-hybridized carbons (Fsp3) is 0. The molecule has 1 aromatic heterocycles. The predicted octanol–water partition coefficient (Wildman–Crippen LogP) is 0.992. The number of carbonyl (C=O) groups excluding carboxylic acids is 1. The highest BCUT2D eigenvalue weighted by molar-refractivity contribution is 5.88. The third kappa shape index (κ3) is 2.52. The molecule has 0 aromatic carbocycles. The van der Waals surface area contributed by atoms with Crippen molar-refractivity contribution >= 4 is 18.3 Å². The molecule has 0 aliphatic carbocycles. The molecule has 0 saturated carbocycles. The number of carboxylic acids is 1. The van der Waals surface area contributed by atoms with E-state index in [4.69, 9.17) is 5.11 Å². The van der Waals surface area contributed by atoms with Gasteiger partial charge < -0.3 is 5.11 Å². The topological polar surface area (TPSA) is 67.3 Å². The van der Waals surface area contributed by atoms with Gasteiger partial charge in [0.2, 0.25) is 0 Å². The van der Waals surface area contributed by atoms with E-state index in [0.29, 0.717) is 11.8 Å². The maximum Gasteiger partial charge on any atom is 0.337 e. The average Bonchev–Trinajstić information content (AvgIpc) is 2.15. The zero-order valence-electron chi connectivity index (χ0n) is 6.68. The van der Waals surface area contributed by atoms with Crippen LogP contribution in [0.3, 0.4) is 0 Å². The van der Waals surface area contributed by atoms with E-state index in [9.17, 15) is 9.59 Å². The summed E-state index contributed by atoms with van der Waals surface area (Å²) >= 11 is 0. The van der Waals surface area contributed by atoms with Crippen LogP contribution in [0, 0.1) is 0 Å². The quantitative estimate of drug-likeness (QED) is 0.552. The first kappa shape index (κ1) is 9.12. The Morgan fingerprint density at radius 3 is 2.85 bits per heavy atom. The van der Waals surface area contributed by atoms with E-state index in [-0.39, 0.29) is 5.56 Å². The lowest BCUT2D eigenvalue weighted by atomic mass is 10.2. The molecule has 13 heavy (non-hydrogen) atoms. The molecule has 66 valence electrons. The summed E-state index contributed by atoms with van der Waals surface area (Å²) in [6.45, 7) is 0. The SMILES string of the molecule is O=CC=Cc1cncc(C(=O)O)c1. The minimum Gasteiger partial charge on any atom is -0.478 e. The van der Waals surface area contributed by atoms with Gasteiger partial charge in [0.15, 0.2) is 0 Å². The monoisotopic (exact) mass is 177 g/mol. The molecule has 0 spiro atoms. The highest BCUT2D eigenvalue weighted by Gasteiger charge is 2.01. The first-order chi connectivity index (χ1) is 6.24. The van der Waals surface area contributed by atoms with Gasteiger partial charge in [0.05, 0.1) is 5.56 Å². The van der Waals surface area contributed by atoms with Crippen LogP contribution in [-0.2, 0) is 4.79 Å². The molecule has 1 N–H and O–H groups in total. The lowest BCUT2D eigenvalue weighted by Crippen LogP contribution is -1.96. The first-order valence-corrected chi connectivity index (χ1v) is 3.54. The van der Waals surface area contributed by atoms with Crippen molar-refractivity contribution in [1.29, 1.82) is 0 Å². The molecular formula is C9H7NO3. The standard InChI is InChI=1S/C9H7NO3/c11-3-1-2-7-4-8(9(12)13)6-10-5-7/h1-6H,(H,12,13). The van der Waals surface area contributed by atoms with Crippen molar-refractivity contribution in [1.82, 2.24) is 4.98 Å². The molecule has 0 unspecified atom stereocenters. The van der Waals surface area contributed by atoms with Crippen LogP contribution in [-0.4, -0.2) is 22.3 Å². The van der Waals surface area contributed by atoms with Crippen LogP contribution in [0.2, 0.25) is 0 Å². The second-order valence-corrected chi connectivity index (χ2v) is 2.31. The van der Waals surface area contributed by atoms with Crippen molar-refractivity contribution in [2.45, 2.75) is 0 Å². The summed E-state index contributed by atoms with van der Waals surface area (Å²) < 4.78 is 0. The second kappa shape index (κ2) is 4.15. The van der Waals surface area contributed by atoms with Crippen LogP contribution in [0.25, 0.3) is 6.08 Å². The van der Waals surface area contributed by atoms with Gasteiger partial charge in [-0.3, -0.25) is 9.78 Å². The van der Waals surface area contributed by atoms with Crippen LogP contribution < -0.4 is 0 Å². The Labute approximate surface area is 74.5 Å². The predicted molar refractivity (Wildman–Crippen MR) is 46.3 cm³/mol. The highest BCUT2D eigenvalue weighted by atomic mass is 16.4. The Morgan fingerprint density at radius 2 is 2.23 bits per heavy atom. The maximum absolute atomic E-state index is 10.5. The number of aromatic carboxylic acids is 1. The Hall–Kier alpha value is -1.97. The number of nitrogens with zero attached hydrogens (tertiary/aromatic N) is 1.